The molecule has 1 aliphatic carbocycles. The van der Waals surface area contributed by atoms with Gasteiger partial charge >= 0.3 is 0 Å². The van der Waals surface area contributed by atoms with Gasteiger partial charge in [0.1, 0.15) is 25.6 Å². The molecule has 2 aromatic carbocycles. The van der Waals surface area contributed by atoms with Gasteiger partial charge in [0.05, 0.1) is 0 Å². The number of hydrogen-bond donors (Lipinski definition) is 0. The monoisotopic (exact) mass is 404 g/mol. The van der Waals surface area contributed by atoms with Gasteiger partial charge in [-0.3, -0.25) is 0 Å². The van der Waals surface area contributed by atoms with Crippen LogP contribution in [0.3, 0.4) is 0 Å². The first-order valence-electron chi connectivity index (χ1n) is 10.4. The molecule has 2 aromatic rings. The van der Waals surface area contributed by atoms with E-state index in [2.05, 4.69) is 83.5 Å². The third-order valence-electron chi connectivity index (χ3n) is 5.05. The lowest BCUT2D eigenvalue weighted by Crippen LogP contribution is -2.09. The van der Waals surface area contributed by atoms with Gasteiger partial charge in [-0.25, -0.2) is 4.58 Å². The minimum atomic E-state index is 0.813. The van der Waals surface area contributed by atoms with Crippen LogP contribution in [0, 0.1) is 0 Å². The molecule has 0 saturated carbocycles. The van der Waals surface area contributed by atoms with Gasteiger partial charge in [0, 0.05) is 17.7 Å². The van der Waals surface area contributed by atoms with Crippen molar-refractivity contribution in [1.29, 1.82) is 0 Å². The Kier molecular flexibility index (Phi) is 6.39. The van der Waals surface area contributed by atoms with Gasteiger partial charge < -0.3 is 4.74 Å². The van der Waals surface area contributed by atoms with Crippen molar-refractivity contribution in [1.82, 2.24) is 0 Å². The molecule has 2 nitrogen and oxygen atoms in total. The van der Waals surface area contributed by atoms with Crippen molar-refractivity contribution in [2.24, 2.45) is 0 Å². The van der Waals surface area contributed by atoms with Gasteiger partial charge in [-0.15, -0.1) is 0 Å². The zero-order chi connectivity index (χ0) is 21.5. The van der Waals surface area contributed by atoms with Crippen molar-refractivity contribution < 1.29 is 9.31 Å². The second kappa shape index (κ2) is 9.73. The Labute approximate surface area is 184 Å². The van der Waals surface area contributed by atoms with E-state index in [1.165, 1.54) is 11.3 Å². The maximum atomic E-state index is 6.19. The molecule has 0 bridgehead atoms. The summed E-state index contributed by atoms with van der Waals surface area (Å²) in [5.74, 6) is 1.66. The van der Waals surface area contributed by atoms with Crippen LogP contribution in [0.4, 0.5) is 0 Å². The first-order valence-corrected chi connectivity index (χ1v) is 10.4. The zero-order valence-electron chi connectivity index (χ0n) is 17.9. The Balaban J connectivity index is 1.57. The summed E-state index contributed by atoms with van der Waals surface area (Å²) in [6.07, 6.45) is 20.8. The molecule has 0 fully saturated rings. The van der Waals surface area contributed by atoms with Gasteiger partial charge in [-0.05, 0) is 47.1 Å². The number of ether oxygens (including phenoxy) is 1. The van der Waals surface area contributed by atoms with Gasteiger partial charge in [0.2, 0.25) is 0 Å². The quantitative estimate of drug-likeness (QED) is 0.541. The third kappa shape index (κ3) is 5.37. The topological polar surface area (TPSA) is 12.2 Å². The lowest BCUT2D eigenvalue weighted by atomic mass is 10.0. The van der Waals surface area contributed by atoms with Crippen molar-refractivity contribution in [3.8, 4) is 0 Å². The molecule has 0 atom stereocenters. The van der Waals surface area contributed by atoms with Gasteiger partial charge in [-0.1, -0.05) is 78.9 Å². The van der Waals surface area contributed by atoms with Crippen LogP contribution in [0.15, 0.2) is 133 Å². The molecule has 2 aliphatic rings. The molecule has 0 radical (unpaired) electrons. The largest absolute Gasteiger partial charge is 0.457 e. The highest BCUT2D eigenvalue weighted by Gasteiger charge is 2.13. The van der Waals surface area contributed by atoms with Crippen LogP contribution in [0.2, 0.25) is 0 Å². The maximum absolute atomic E-state index is 6.19. The Morgan fingerprint density at radius 2 is 1.29 bits per heavy atom. The molecule has 4 rings (SSSR count). The van der Waals surface area contributed by atoms with Crippen LogP contribution in [0.5, 0.6) is 0 Å². The molecule has 1 heterocycles. The highest BCUT2D eigenvalue weighted by atomic mass is 16.5. The van der Waals surface area contributed by atoms with E-state index < -0.39 is 0 Å². The van der Waals surface area contributed by atoms with E-state index in [0.29, 0.717) is 0 Å². The summed E-state index contributed by atoms with van der Waals surface area (Å²) in [4.78, 5) is 0. The number of benzene rings is 2. The van der Waals surface area contributed by atoms with Crippen LogP contribution >= 0.6 is 0 Å². The summed E-state index contributed by atoms with van der Waals surface area (Å²) in [5, 5.41) is 0. The van der Waals surface area contributed by atoms with E-state index >= 15 is 0 Å². The van der Waals surface area contributed by atoms with E-state index in [9.17, 15) is 0 Å². The van der Waals surface area contributed by atoms with Crippen molar-refractivity contribution in [2.75, 3.05) is 14.1 Å². The summed E-state index contributed by atoms with van der Waals surface area (Å²) in [7, 11) is 4.09. The molecule has 2 heteroatoms. The maximum Gasteiger partial charge on any atom is 0.199 e. The second-order valence-electron chi connectivity index (χ2n) is 7.55. The van der Waals surface area contributed by atoms with Gasteiger partial charge in [-0.2, -0.15) is 0 Å². The number of rotatable bonds is 4. The van der Waals surface area contributed by atoms with Crippen LogP contribution in [-0.4, -0.2) is 24.4 Å². The molecular formula is C29H26NO+. The standard InChI is InChI=1S/C29H26NO/c1-30(2)27-19-17-23(18-20-27)11-9-10-16-28-21-26(24-12-5-3-6-13-24)22-29(31-28)25-14-7-4-8-15-25/h3-22H,1-2H3/q+1/b10-9+,28-16+. The van der Waals surface area contributed by atoms with Gasteiger partial charge in [0.15, 0.2) is 5.71 Å². The second-order valence-corrected chi connectivity index (χ2v) is 7.55. The molecule has 31 heavy (non-hydrogen) atoms. The highest BCUT2D eigenvalue weighted by molar-refractivity contribution is 6.02. The fourth-order valence-electron chi connectivity index (χ4n) is 3.35. The number of allylic oxidation sites excluding steroid dienone is 12. The predicted molar refractivity (Wildman–Crippen MR) is 131 cm³/mol. The molecule has 1 aliphatic heterocycles. The summed E-state index contributed by atoms with van der Waals surface area (Å²) >= 11 is 0. The Morgan fingerprint density at radius 3 is 1.94 bits per heavy atom. The SMILES string of the molecule is C[N+](C)=C1C=CC(=C/C=C/C=C2\C=C(c3ccccc3)C=C(c3ccccc3)O2)C=C1. The first kappa shape index (κ1) is 20.4. The zero-order valence-corrected chi connectivity index (χ0v) is 17.9. The average molecular weight is 405 g/mol. The van der Waals surface area contributed by atoms with Crippen molar-refractivity contribution in [2.45, 2.75) is 0 Å². The summed E-state index contributed by atoms with van der Waals surface area (Å²) < 4.78 is 8.29. The number of hydrogen-bond acceptors (Lipinski definition) is 1. The van der Waals surface area contributed by atoms with Crippen molar-refractivity contribution in [3.05, 3.63) is 144 Å². The predicted octanol–water partition coefficient (Wildman–Crippen LogP) is 6.35. The van der Waals surface area contributed by atoms with Crippen molar-refractivity contribution in [3.63, 3.8) is 0 Å². The van der Waals surface area contributed by atoms with E-state index in [0.717, 1.165) is 28.2 Å². The Hall–Kier alpha value is -3.91. The Bertz CT molecular complexity index is 1160. The molecule has 0 saturated heterocycles. The van der Waals surface area contributed by atoms with Crippen LogP contribution in [0.25, 0.3) is 11.3 Å². The molecule has 0 aromatic heterocycles. The molecule has 0 N–H and O–H groups in total. The van der Waals surface area contributed by atoms with Crippen LogP contribution in [0.1, 0.15) is 11.1 Å². The fourth-order valence-corrected chi connectivity index (χ4v) is 3.35. The molecule has 0 amide bonds. The summed E-state index contributed by atoms with van der Waals surface area (Å²) in [6.45, 7) is 0. The molecular weight excluding hydrogens is 378 g/mol. The highest BCUT2D eigenvalue weighted by Crippen LogP contribution is 2.31. The summed E-state index contributed by atoms with van der Waals surface area (Å²) in [5.41, 5.74) is 5.72. The number of nitrogens with zero attached hydrogens (tertiary/aromatic N) is 1. The lowest BCUT2D eigenvalue weighted by Gasteiger charge is -2.18. The fraction of sp³-hybridized carbons (Fsp3) is 0.0690. The van der Waals surface area contributed by atoms with E-state index in [-0.39, 0.29) is 0 Å². The smallest absolute Gasteiger partial charge is 0.199 e. The lowest BCUT2D eigenvalue weighted by molar-refractivity contribution is -0.462. The normalized spacial score (nSPS) is 16.9. The minimum Gasteiger partial charge on any atom is -0.457 e. The third-order valence-corrected chi connectivity index (χ3v) is 5.05. The van der Waals surface area contributed by atoms with Gasteiger partial charge in [0.25, 0.3) is 0 Å². The van der Waals surface area contributed by atoms with E-state index in [1.807, 2.05) is 56.6 Å². The van der Waals surface area contributed by atoms with E-state index in [1.54, 1.807) is 0 Å². The Morgan fingerprint density at radius 1 is 0.677 bits per heavy atom. The molecule has 152 valence electrons. The average Bonchev–Trinajstić information content (AvgIpc) is 2.83. The van der Waals surface area contributed by atoms with Crippen molar-refractivity contribution >= 4 is 17.0 Å². The summed E-state index contributed by atoms with van der Waals surface area (Å²) in [6, 6.07) is 20.6. The molecule has 0 unspecified atom stereocenters. The van der Waals surface area contributed by atoms with Crippen LogP contribution in [-0.2, 0) is 4.74 Å². The van der Waals surface area contributed by atoms with Crippen LogP contribution < -0.4 is 0 Å². The van der Waals surface area contributed by atoms with E-state index in [4.69, 9.17) is 4.74 Å². The molecule has 0 spiro atoms. The first-order chi connectivity index (χ1) is 15.2. The minimum absolute atomic E-state index is 0.813.